The maximum absolute atomic E-state index is 8.53. The molecule has 0 amide bonds. The average molecular weight is 262 g/mol. The first-order valence-corrected chi connectivity index (χ1v) is 5.33. The Kier molecular flexibility index (Phi) is 3.62. The van der Waals surface area contributed by atoms with Crippen molar-refractivity contribution in [1.82, 2.24) is 9.97 Å². The summed E-state index contributed by atoms with van der Waals surface area (Å²) in [6.45, 7) is 0. The summed E-state index contributed by atoms with van der Waals surface area (Å²) in [4.78, 5) is 10.8. The van der Waals surface area contributed by atoms with Gasteiger partial charge in [-0.1, -0.05) is 22.8 Å². The van der Waals surface area contributed by atoms with E-state index in [0.29, 0.717) is 27.8 Å². The van der Waals surface area contributed by atoms with Crippen molar-refractivity contribution < 1.29 is 4.74 Å². The summed E-state index contributed by atoms with van der Waals surface area (Å²) in [6, 6.07) is 6.59. The normalized spacial score (nSPS) is 9.67. The van der Waals surface area contributed by atoms with E-state index in [-0.39, 0.29) is 0 Å². The third-order valence-corrected chi connectivity index (χ3v) is 2.47. The lowest BCUT2D eigenvalue weighted by atomic mass is 10.1. The van der Waals surface area contributed by atoms with Crippen LogP contribution in [0.2, 0.25) is 5.02 Å². The Labute approximate surface area is 108 Å². The first-order valence-electron chi connectivity index (χ1n) is 4.95. The highest BCUT2D eigenvalue weighted by molar-refractivity contribution is 6.31. The van der Waals surface area contributed by atoms with E-state index in [1.54, 1.807) is 24.3 Å². The second-order valence-corrected chi connectivity index (χ2v) is 3.73. The first-order chi connectivity index (χ1) is 8.74. The molecule has 2 rings (SSSR count). The molecule has 0 saturated heterocycles. The number of hydrogen-bond donors (Lipinski definition) is 0. The minimum absolute atomic E-state index is 0.423. The average Bonchev–Trinajstić information content (AvgIpc) is 2.41. The summed E-state index contributed by atoms with van der Waals surface area (Å²) in [6.07, 6.45) is 1.37. The molecular formula is C11H8ClN5O. The lowest BCUT2D eigenvalue weighted by Crippen LogP contribution is -1.91. The van der Waals surface area contributed by atoms with Gasteiger partial charge in [0.25, 0.3) is 0 Å². The number of benzene rings is 1. The molecule has 0 aliphatic heterocycles. The summed E-state index contributed by atoms with van der Waals surface area (Å²) in [5.41, 5.74) is 10.2. The molecule has 0 aliphatic rings. The van der Waals surface area contributed by atoms with Crippen LogP contribution in [0.25, 0.3) is 21.7 Å². The van der Waals surface area contributed by atoms with Gasteiger partial charge in [-0.05, 0) is 17.7 Å². The zero-order valence-corrected chi connectivity index (χ0v) is 10.2. The number of ether oxygens (including phenoxy) is 1. The van der Waals surface area contributed by atoms with E-state index in [1.807, 2.05) is 0 Å². The van der Waals surface area contributed by atoms with Gasteiger partial charge < -0.3 is 4.74 Å². The maximum Gasteiger partial charge on any atom is 0.216 e. The molecule has 0 atom stereocenters. The molecule has 0 radical (unpaired) electrons. The number of aromatic nitrogens is 2. The fourth-order valence-corrected chi connectivity index (χ4v) is 1.62. The second-order valence-electron chi connectivity index (χ2n) is 3.30. The number of methoxy groups -OCH3 is 1. The molecule has 0 saturated carbocycles. The molecule has 1 aromatic carbocycles. The Balaban J connectivity index is 2.60. The van der Waals surface area contributed by atoms with Crippen LogP contribution in [0.15, 0.2) is 35.7 Å². The quantitative estimate of drug-likeness (QED) is 0.479. The van der Waals surface area contributed by atoms with Gasteiger partial charge in [-0.3, -0.25) is 0 Å². The van der Waals surface area contributed by atoms with E-state index >= 15 is 0 Å². The zero-order chi connectivity index (χ0) is 13.0. The molecule has 1 aromatic heterocycles. The molecule has 0 aliphatic carbocycles. The SMILES string of the molecule is COc1cc(-c2cc(Cl)ccc2N=[N+]=[N-])ncn1. The minimum atomic E-state index is 0.423. The van der Waals surface area contributed by atoms with Crippen molar-refractivity contribution in [2.45, 2.75) is 0 Å². The fraction of sp³-hybridized carbons (Fsp3) is 0.0909. The number of azide groups is 1. The van der Waals surface area contributed by atoms with Crippen LogP contribution in [0.4, 0.5) is 5.69 Å². The summed E-state index contributed by atoms with van der Waals surface area (Å²) >= 11 is 5.93. The molecule has 2 aromatic rings. The summed E-state index contributed by atoms with van der Waals surface area (Å²) in [5, 5.41) is 4.13. The van der Waals surface area contributed by atoms with Crippen LogP contribution in [0.1, 0.15) is 0 Å². The monoisotopic (exact) mass is 261 g/mol. The van der Waals surface area contributed by atoms with Crippen LogP contribution >= 0.6 is 11.6 Å². The van der Waals surface area contributed by atoms with Gasteiger partial charge in [0, 0.05) is 27.3 Å². The maximum atomic E-state index is 8.53. The van der Waals surface area contributed by atoms with E-state index in [2.05, 4.69) is 20.0 Å². The van der Waals surface area contributed by atoms with Crippen molar-refractivity contribution in [2.24, 2.45) is 5.11 Å². The number of rotatable bonds is 3. The van der Waals surface area contributed by atoms with Gasteiger partial charge in [0.2, 0.25) is 5.88 Å². The Bertz CT molecular complexity index is 625. The van der Waals surface area contributed by atoms with E-state index < -0.39 is 0 Å². The summed E-state index contributed by atoms with van der Waals surface area (Å²) in [7, 11) is 1.51. The zero-order valence-electron chi connectivity index (χ0n) is 9.41. The third kappa shape index (κ3) is 2.51. The van der Waals surface area contributed by atoms with Crippen molar-refractivity contribution in [3.8, 4) is 17.1 Å². The van der Waals surface area contributed by atoms with Gasteiger partial charge >= 0.3 is 0 Å². The Hall–Kier alpha value is -2.30. The van der Waals surface area contributed by atoms with Crippen LogP contribution in [-0.4, -0.2) is 17.1 Å². The molecule has 7 heteroatoms. The smallest absolute Gasteiger partial charge is 0.216 e. The fourth-order valence-electron chi connectivity index (χ4n) is 1.45. The van der Waals surface area contributed by atoms with Gasteiger partial charge in [0.1, 0.15) is 6.33 Å². The summed E-state index contributed by atoms with van der Waals surface area (Å²) in [5.74, 6) is 0.423. The van der Waals surface area contributed by atoms with Crippen LogP contribution in [-0.2, 0) is 0 Å². The minimum Gasteiger partial charge on any atom is -0.481 e. The highest BCUT2D eigenvalue weighted by Gasteiger charge is 2.08. The van der Waals surface area contributed by atoms with Gasteiger partial charge in [-0.25, -0.2) is 9.97 Å². The predicted molar refractivity (Wildman–Crippen MR) is 67.8 cm³/mol. The largest absolute Gasteiger partial charge is 0.481 e. The molecule has 1 heterocycles. The number of halogens is 1. The Morgan fingerprint density at radius 3 is 2.89 bits per heavy atom. The highest BCUT2D eigenvalue weighted by atomic mass is 35.5. The second kappa shape index (κ2) is 5.35. The number of nitrogens with zero attached hydrogens (tertiary/aromatic N) is 5. The van der Waals surface area contributed by atoms with Crippen LogP contribution in [0, 0.1) is 0 Å². The van der Waals surface area contributed by atoms with Crippen LogP contribution < -0.4 is 4.74 Å². The Morgan fingerprint density at radius 2 is 2.17 bits per heavy atom. The van der Waals surface area contributed by atoms with E-state index in [4.69, 9.17) is 21.9 Å². The van der Waals surface area contributed by atoms with Crippen LogP contribution in [0.5, 0.6) is 5.88 Å². The van der Waals surface area contributed by atoms with Gasteiger partial charge in [0.15, 0.2) is 0 Å². The van der Waals surface area contributed by atoms with Crippen molar-refractivity contribution in [3.05, 3.63) is 46.1 Å². The third-order valence-electron chi connectivity index (χ3n) is 2.24. The van der Waals surface area contributed by atoms with Gasteiger partial charge in [-0.2, -0.15) is 0 Å². The van der Waals surface area contributed by atoms with Crippen molar-refractivity contribution in [2.75, 3.05) is 7.11 Å². The molecule has 6 nitrogen and oxygen atoms in total. The topological polar surface area (TPSA) is 83.8 Å². The van der Waals surface area contributed by atoms with E-state index in [0.717, 1.165) is 0 Å². The Morgan fingerprint density at radius 1 is 1.33 bits per heavy atom. The molecule has 0 bridgehead atoms. The lowest BCUT2D eigenvalue weighted by Gasteiger charge is -2.06. The van der Waals surface area contributed by atoms with Crippen molar-refractivity contribution in [3.63, 3.8) is 0 Å². The highest BCUT2D eigenvalue weighted by Crippen LogP contribution is 2.32. The van der Waals surface area contributed by atoms with E-state index in [1.165, 1.54) is 13.4 Å². The molecule has 18 heavy (non-hydrogen) atoms. The van der Waals surface area contributed by atoms with Crippen molar-refractivity contribution in [1.29, 1.82) is 0 Å². The molecule has 0 unspecified atom stereocenters. The predicted octanol–water partition coefficient (Wildman–Crippen LogP) is 3.75. The summed E-state index contributed by atoms with van der Waals surface area (Å²) < 4.78 is 5.02. The van der Waals surface area contributed by atoms with E-state index in [9.17, 15) is 0 Å². The molecule has 0 N–H and O–H groups in total. The standard InChI is InChI=1S/C11H8ClN5O/c1-18-11-5-10(14-6-15-11)8-4-7(12)2-3-9(8)16-17-13/h2-6H,1H3. The first kappa shape index (κ1) is 12.2. The molecule has 0 spiro atoms. The van der Waals surface area contributed by atoms with Gasteiger partial charge in [-0.15, -0.1) is 0 Å². The molecule has 0 fully saturated rings. The van der Waals surface area contributed by atoms with Crippen molar-refractivity contribution >= 4 is 17.3 Å². The van der Waals surface area contributed by atoms with Crippen LogP contribution in [0.3, 0.4) is 0 Å². The molecular weight excluding hydrogens is 254 g/mol. The molecule has 90 valence electrons. The van der Waals surface area contributed by atoms with Gasteiger partial charge in [0.05, 0.1) is 12.8 Å². The number of hydrogen-bond acceptors (Lipinski definition) is 4. The lowest BCUT2D eigenvalue weighted by molar-refractivity contribution is 0.397.